The monoisotopic (exact) mass is 271 g/mol. The summed E-state index contributed by atoms with van der Waals surface area (Å²) in [5.41, 5.74) is 0. The van der Waals surface area contributed by atoms with Crippen LogP contribution in [0.3, 0.4) is 0 Å². The Bertz CT molecular complexity index is 401. The number of nitrogens with zero attached hydrogens (tertiary/aromatic N) is 3. The molecule has 1 saturated heterocycles. The first kappa shape index (κ1) is 13.4. The van der Waals surface area contributed by atoms with Crippen LogP contribution in [0.15, 0.2) is 6.33 Å². The Kier molecular flexibility index (Phi) is 4.60. The summed E-state index contributed by atoms with van der Waals surface area (Å²) in [6, 6.07) is 0. The van der Waals surface area contributed by atoms with E-state index in [9.17, 15) is 0 Å². The van der Waals surface area contributed by atoms with Crippen molar-refractivity contribution in [2.24, 2.45) is 5.92 Å². The molecule has 1 atom stereocenters. The molecule has 100 valence electrons. The first-order valence-electron chi connectivity index (χ1n) is 6.04. The average Bonchev–Trinajstić information content (AvgIpc) is 2.39. The molecule has 1 aromatic heterocycles. The third-order valence-corrected chi connectivity index (χ3v) is 3.44. The minimum absolute atomic E-state index is 0.358. The Morgan fingerprint density at radius 2 is 2.28 bits per heavy atom. The molecule has 1 fully saturated rings. The third kappa shape index (κ3) is 2.84. The SMILES string of the molecule is COCC1CCCN(c2ncnc(Cl)c2OC)C1. The quantitative estimate of drug-likeness (QED) is 0.784. The fourth-order valence-corrected chi connectivity index (χ4v) is 2.58. The predicted octanol–water partition coefficient (Wildman–Crippen LogP) is 2.00. The molecular weight excluding hydrogens is 254 g/mol. The van der Waals surface area contributed by atoms with Gasteiger partial charge in [0, 0.05) is 20.2 Å². The molecular formula is C12H18ClN3O2. The fourth-order valence-electron chi connectivity index (χ4n) is 2.37. The molecule has 2 rings (SSSR count). The highest BCUT2D eigenvalue weighted by atomic mass is 35.5. The lowest BCUT2D eigenvalue weighted by Gasteiger charge is -2.33. The van der Waals surface area contributed by atoms with E-state index in [1.165, 1.54) is 12.7 Å². The second-order valence-electron chi connectivity index (χ2n) is 4.43. The molecule has 0 saturated carbocycles. The molecule has 0 spiro atoms. The normalized spacial score (nSPS) is 19.9. The van der Waals surface area contributed by atoms with Crippen LogP contribution in [0.2, 0.25) is 5.15 Å². The topological polar surface area (TPSA) is 47.5 Å². The van der Waals surface area contributed by atoms with Crippen molar-refractivity contribution in [1.29, 1.82) is 0 Å². The zero-order valence-corrected chi connectivity index (χ0v) is 11.5. The maximum absolute atomic E-state index is 6.02. The van der Waals surface area contributed by atoms with Crippen molar-refractivity contribution in [3.8, 4) is 5.75 Å². The van der Waals surface area contributed by atoms with Gasteiger partial charge in [0.25, 0.3) is 0 Å². The van der Waals surface area contributed by atoms with Crippen LogP contribution in [-0.2, 0) is 4.74 Å². The summed E-state index contributed by atoms with van der Waals surface area (Å²) in [5.74, 6) is 1.86. The highest BCUT2D eigenvalue weighted by molar-refractivity contribution is 6.31. The van der Waals surface area contributed by atoms with Gasteiger partial charge >= 0.3 is 0 Å². The van der Waals surface area contributed by atoms with Gasteiger partial charge < -0.3 is 14.4 Å². The molecule has 0 aromatic carbocycles. The van der Waals surface area contributed by atoms with Crippen molar-refractivity contribution in [3.63, 3.8) is 0 Å². The van der Waals surface area contributed by atoms with Gasteiger partial charge in [0.1, 0.15) is 6.33 Å². The van der Waals surface area contributed by atoms with E-state index in [2.05, 4.69) is 14.9 Å². The lowest BCUT2D eigenvalue weighted by Crippen LogP contribution is -2.37. The first-order chi connectivity index (χ1) is 8.76. The summed E-state index contributed by atoms with van der Waals surface area (Å²) >= 11 is 6.02. The van der Waals surface area contributed by atoms with Crippen molar-refractivity contribution in [2.45, 2.75) is 12.8 Å². The third-order valence-electron chi connectivity index (χ3n) is 3.17. The molecule has 2 heterocycles. The van der Waals surface area contributed by atoms with E-state index in [4.69, 9.17) is 21.1 Å². The van der Waals surface area contributed by atoms with Crippen molar-refractivity contribution >= 4 is 17.4 Å². The molecule has 18 heavy (non-hydrogen) atoms. The summed E-state index contributed by atoms with van der Waals surface area (Å²) in [7, 11) is 3.33. The molecule has 0 radical (unpaired) electrons. The van der Waals surface area contributed by atoms with Gasteiger partial charge in [0.2, 0.25) is 0 Å². The Hall–Kier alpha value is -1.07. The molecule has 0 amide bonds. The minimum atomic E-state index is 0.358. The molecule has 0 aliphatic carbocycles. The summed E-state index contributed by atoms with van der Waals surface area (Å²) < 4.78 is 10.5. The van der Waals surface area contributed by atoms with E-state index in [1.54, 1.807) is 14.2 Å². The molecule has 0 N–H and O–H groups in total. The maximum Gasteiger partial charge on any atom is 0.199 e. The van der Waals surface area contributed by atoms with Gasteiger partial charge in [-0.1, -0.05) is 11.6 Å². The fraction of sp³-hybridized carbons (Fsp3) is 0.667. The van der Waals surface area contributed by atoms with E-state index in [-0.39, 0.29) is 0 Å². The van der Waals surface area contributed by atoms with Crippen molar-refractivity contribution in [3.05, 3.63) is 11.5 Å². The van der Waals surface area contributed by atoms with Crippen molar-refractivity contribution < 1.29 is 9.47 Å². The number of ether oxygens (including phenoxy) is 2. The Morgan fingerprint density at radius 3 is 3.00 bits per heavy atom. The summed E-state index contributed by atoms with van der Waals surface area (Å²) in [5, 5.41) is 0.358. The lowest BCUT2D eigenvalue weighted by atomic mass is 9.99. The Labute approximate surface area is 112 Å². The molecule has 0 bridgehead atoms. The molecule has 1 aliphatic heterocycles. The van der Waals surface area contributed by atoms with E-state index in [1.807, 2.05) is 0 Å². The number of rotatable bonds is 4. The number of halogens is 1. The highest BCUT2D eigenvalue weighted by Gasteiger charge is 2.24. The van der Waals surface area contributed by atoms with Gasteiger partial charge in [-0.15, -0.1) is 0 Å². The van der Waals surface area contributed by atoms with Gasteiger partial charge in [-0.25, -0.2) is 9.97 Å². The zero-order chi connectivity index (χ0) is 13.0. The van der Waals surface area contributed by atoms with Crippen molar-refractivity contribution in [2.75, 3.05) is 38.8 Å². The predicted molar refractivity (Wildman–Crippen MR) is 70.4 cm³/mol. The van der Waals surface area contributed by atoms with Crippen molar-refractivity contribution in [1.82, 2.24) is 9.97 Å². The summed E-state index contributed by atoms with van der Waals surface area (Å²) in [6.07, 6.45) is 3.78. The minimum Gasteiger partial charge on any atom is -0.490 e. The van der Waals surface area contributed by atoms with Gasteiger partial charge in [0.15, 0.2) is 16.7 Å². The summed E-state index contributed by atoms with van der Waals surface area (Å²) in [6.45, 7) is 2.65. The van der Waals surface area contributed by atoms with Crippen LogP contribution in [0.4, 0.5) is 5.82 Å². The standard InChI is InChI=1S/C12H18ClN3O2/c1-17-7-9-4-3-5-16(6-9)12-10(18-2)11(13)14-8-15-12/h8-9H,3-7H2,1-2H3. The lowest BCUT2D eigenvalue weighted by molar-refractivity contribution is 0.143. The molecule has 6 heteroatoms. The highest BCUT2D eigenvalue weighted by Crippen LogP contribution is 2.33. The van der Waals surface area contributed by atoms with Crippen LogP contribution in [0, 0.1) is 5.92 Å². The van der Waals surface area contributed by atoms with E-state index < -0.39 is 0 Å². The smallest absolute Gasteiger partial charge is 0.199 e. The van der Waals surface area contributed by atoms with Crippen LogP contribution in [-0.4, -0.2) is 43.9 Å². The van der Waals surface area contributed by atoms with Gasteiger partial charge in [0.05, 0.1) is 13.7 Å². The van der Waals surface area contributed by atoms with Crippen LogP contribution in [0.1, 0.15) is 12.8 Å². The zero-order valence-electron chi connectivity index (χ0n) is 10.7. The van der Waals surface area contributed by atoms with Gasteiger partial charge in [-0.3, -0.25) is 0 Å². The van der Waals surface area contributed by atoms with Crippen LogP contribution < -0.4 is 9.64 Å². The number of aromatic nitrogens is 2. The molecule has 1 aliphatic rings. The maximum atomic E-state index is 6.02. The Morgan fingerprint density at radius 1 is 1.44 bits per heavy atom. The largest absolute Gasteiger partial charge is 0.490 e. The summed E-state index contributed by atoms with van der Waals surface area (Å²) in [4.78, 5) is 10.4. The van der Waals surface area contributed by atoms with Crippen LogP contribution >= 0.6 is 11.6 Å². The number of anilines is 1. The van der Waals surface area contributed by atoms with E-state index in [0.717, 1.165) is 31.9 Å². The van der Waals surface area contributed by atoms with Gasteiger partial charge in [-0.05, 0) is 18.8 Å². The molecule has 5 nitrogen and oxygen atoms in total. The van der Waals surface area contributed by atoms with E-state index >= 15 is 0 Å². The van der Waals surface area contributed by atoms with E-state index in [0.29, 0.717) is 16.8 Å². The van der Waals surface area contributed by atoms with Crippen LogP contribution in [0.5, 0.6) is 5.75 Å². The molecule has 1 aromatic rings. The van der Waals surface area contributed by atoms with Gasteiger partial charge in [-0.2, -0.15) is 0 Å². The number of piperidine rings is 1. The Balaban J connectivity index is 2.18. The second kappa shape index (κ2) is 6.20. The van der Waals surface area contributed by atoms with Crippen LogP contribution in [0.25, 0.3) is 0 Å². The second-order valence-corrected chi connectivity index (χ2v) is 4.79. The average molecular weight is 272 g/mol. The first-order valence-corrected chi connectivity index (χ1v) is 6.42. The number of hydrogen-bond donors (Lipinski definition) is 0. The number of methoxy groups -OCH3 is 2. The number of hydrogen-bond acceptors (Lipinski definition) is 5. The molecule has 1 unspecified atom stereocenters.